The zero-order valence-electron chi connectivity index (χ0n) is 17.6. The first-order valence-electron chi connectivity index (χ1n) is 10.7. The molecule has 0 spiro atoms. The molecule has 5 nitrogen and oxygen atoms in total. The van der Waals surface area contributed by atoms with Gasteiger partial charge in [-0.05, 0) is 48.6 Å². The van der Waals surface area contributed by atoms with Crippen LogP contribution < -0.4 is 15.5 Å². The largest absolute Gasteiger partial charge is 0.357 e. The van der Waals surface area contributed by atoms with E-state index in [1.807, 2.05) is 46.7 Å². The predicted molar refractivity (Wildman–Crippen MR) is 125 cm³/mol. The second kappa shape index (κ2) is 8.78. The van der Waals surface area contributed by atoms with Crippen LogP contribution >= 0.6 is 11.3 Å². The van der Waals surface area contributed by atoms with Gasteiger partial charge in [-0.15, -0.1) is 11.3 Å². The fraction of sp³-hybridized carbons (Fsp3) is 0.200. The van der Waals surface area contributed by atoms with Crippen LogP contribution in [0.3, 0.4) is 0 Å². The number of carbonyl (C=O) groups excluding carboxylic acids is 2. The summed E-state index contributed by atoms with van der Waals surface area (Å²) in [6.45, 7) is -0.152. The van der Waals surface area contributed by atoms with Crippen LogP contribution in [0.4, 0.5) is 25.8 Å². The zero-order chi connectivity index (χ0) is 22.9. The first-order valence-corrected chi connectivity index (χ1v) is 11.6. The van der Waals surface area contributed by atoms with Crippen LogP contribution in [0.5, 0.6) is 0 Å². The number of allylic oxidation sites excluding steroid dienone is 1. The number of nitrogens with one attached hydrogen (secondary N) is 2. The summed E-state index contributed by atoms with van der Waals surface area (Å²) in [5.41, 5.74) is 2.86. The van der Waals surface area contributed by atoms with Gasteiger partial charge in [0.2, 0.25) is 5.91 Å². The van der Waals surface area contributed by atoms with E-state index in [2.05, 4.69) is 10.6 Å². The highest BCUT2D eigenvalue weighted by molar-refractivity contribution is 7.10. The molecule has 3 aromatic rings. The Morgan fingerprint density at radius 3 is 2.79 bits per heavy atom. The summed E-state index contributed by atoms with van der Waals surface area (Å²) >= 11 is 1.51. The van der Waals surface area contributed by atoms with E-state index in [1.165, 1.54) is 11.3 Å². The number of para-hydroxylation sites is 2. The molecule has 1 amide bonds. The molecule has 2 aromatic carbocycles. The van der Waals surface area contributed by atoms with Gasteiger partial charge in [0.15, 0.2) is 5.78 Å². The van der Waals surface area contributed by atoms with Gasteiger partial charge in [-0.25, -0.2) is 8.78 Å². The Kier molecular flexibility index (Phi) is 5.68. The quantitative estimate of drug-likeness (QED) is 0.523. The molecule has 168 valence electrons. The number of ketones is 1. The number of fused-ring (bicyclic) bond motifs is 1. The molecule has 2 heterocycles. The monoisotopic (exact) mass is 465 g/mol. The highest BCUT2D eigenvalue weighted by Gasteiger charge is 2.37. The zero-order valence-corrected chi connectivity index (χ0v) is 18.4. The lowest BCUT2D eigenvalue weighted by molar-refractivity contribution is -0.117. The first kappa shape index (κ1) is 21.3. The summed E-state index contributed by atoms with van der Waals surface area (Å²) in [4.78, 5) is 29.0. The van der Waals surface area contributed by atoms with Gasteiger partial charge in [-0.2, -0.15) is 0 Å². The number of hydrogen-bond donors (Lipinski definition) is 2. The molecule has 1 aliphatic carbocycles. The van der Waals surface area contributed by atoms with Crippen molar-refractivity contribution in [2.75, 3.05) is 22.1 Å². The molecule has 1 atom stereocenters. The maximum Gasteiger partial charge on any atom is 0.244 e. The summed E-state index contributed by atoms with van der Waals surface area (Å²) in [6.07, 6.45) is 1.96. The Morgan fingerprint density at radius 2 is 1.97 bits per heavy atom. The Morgan fingerprint density at radius 1 is 1.12 bits per heavy atom. The van der Waals surface area contributed by atoms with Gasteiger partial charge in [-0.1, -0.05) is 18.2 Å². The van der Waals surface area contributed by atoms with Gasteiger partial charge < -0.3 is 15.5 Å². The van der Waals surface area contributed by atoms with E-state index >= 15 is 0 Å². The Labute approximate surface area is 193 Å². The van der Waals surface area contributed by atoms with Crippen molar-refractivity contribution in [3.8, 4) is 0 Å². The lowest BCUT2D eigenvalue weighted by Gasteiger charge is -2.34. The van der Waals surface area contributed by atoms with Gasteiger partial charge in [-0.3, -0.25) is 9.59 Å². The van der Waals surface area contributed by atoms with Crippen molar-refractivity contribution in [3.63, 3.8) is 0 Å². The molecule has 8 heteroatoms. The van der Waals surface area contributed by atoms with Crippen LogP contribution in [0.2, 0.25) is 0 Å². The number of Topliss-reactive ketones (excluding diaryl/α,β-unsaturated/α-hetero) is 1. The maximum atomic E-state index is 14.1. The number of hydrogen-bond acceptors (Lipinski definition) is 5. The van der Waals surface area contributed by atoms with Crippen LogP contribution in [-0.2, 0) is 9.59 Å². The third-order valence-corrected chi connectivity index (χ3v) is 6.79. The number of benzene rings is 2. The van der Waals surface area contributed by atoms with Gasteiger partial charge in [0.05, 0.1) is 29.6 Å². The molecule has 0 radical (unpaired) electrons. The first-order chi connectivity index (χ1) is 16.0. The third kappa shape index (κ3) is 4.14. The fourth-order valence-corrected chi connectivity index (χ4v) is 5.30. The molecule has 33 heavy (non-hydrogen) atoms. The molecular formula is C25H21F2N3O2S. The van der Waals surface area contributed by atoms with E-state index in [-0.39, 0.29) is 18.0 Å². The van der Waals surface area contributed by atoms with Crippen molar-refractivity contribution in [1.82, 2.24) is 0 Å². The maximum absolute atomic E-state index is 14.1. The summed E-state index contributed by atoms with van der Waals surface area (Å²) in [5, 5.41) is 7.86. The minimum atomic E-state index is -0.718. The van der Waals surface area contributed by atoms with E-state index in [9.17, 15) is 18.4 Å². The van der Waals surface area contributed by atoms with Crippen LogP contribution in [0, 0.1) is 11.6 Å². The number of rotatable bonds is 4. The van der Waals surface area contributed by atoms with Crippen molar-refractivity contribution < 1.29 is 18.4 Å². The molecule has 2 aliphatic rings. The SMILES string of the molecule is O=C(CN1c2ccccc2NC2=C(C(=O)CCC2)C1c1cccs1)Nc1cc(F)ccc1F. The van der Waals surface area contributed by atoms with Gasteiger partial charge in [0.1, 0.15) is 11.6 Å². The van der Waals surface area contributed by atoms with E-state index in [0.717, 1.165) is 53.0 Å². The van der Waals surface area contributed by atoms with Crippen molar-refractivity contribution in [2.24, 2.45) is 0 Å². The Hall–Kier alpha value is -3.52. The minimum Gasteiger partial charge on any atom is -0.357 e. The number of nitrogens with zero attached hydrogens (tertiary/aromatic N) is 1. The molecule has 0 saturated heterocycles. The third-order valence-electron chi connectivity index (χ3n) is 5.87. The number of carbonyl (C=O) groups is 2. The fourth-order valence-electron chi connectivity index (χ4n) is 4.45. The number of amides is 1. The number of halogens is 2. The van der Waals surface area contributed by atoms with E-state index in [4.69, 9.17) is 0 Å². The van der Waals surface area contributed by atoms with Crippen LogP contribution in [0.1, 0.15) is 30.2 Å². The highest BCUT2D eigenvalue weighted by atomic mass is 32.1. The molecule has 2 N–H and O–H groups in total. The summed E-state index contributed by atoms with van der Waals surface area (Å²) in [6, 6.07) is 13.9. The molecule has 1 aliphatic heterocycles. The van der Waals surface area contributed by atoms with Crippen molar-refractivity contribution >= 4 is 40.1 Å². The van der Waals surface area contributed by atoms with Crippen molar-refractivity contribution in [1.29, 1.82) is 0 Å². The topological polar surface area (TPSA) is 61.4 Å². The molecule has 1 aromatic heterocycles. The summed E-state index contributed by atoms with van der Waals surface area (Å²) < 4.78 is 27.7. The average molecular weight is 466 g/mol. The second-order valence-electron chi connectivity index (χ2n) is 8.03. The van der Waals surface area contributed by atoms with Crippen LogP contribution in [-0.4, -0.2) is 18.2 Å². The van der Waals surface area contributed by atoms with E-state index in [0.29, 0.717) is 12.0 Å². The normalized spacial score (nSPS) is 17.7. The smallest absolute Gasteiger partial charge is 0.244 e. The number of thiophene rings is 1. The molecule has 0 saturated carbocycles. The van der Waals surface area contributed by atoms with Crippen LogP contribution in [0.15, 0.2) is 71.2 Å². The Balaban J connectivity index is 1.58. The van der Waals surface area contributed by atoms with Crippen molar-refractivity contribution in [2.45, 2.75) is 25.3 Å². The molecule has 1 unspecified atom stereocenters. The molecular weight excluding hydrogens is 444 g/mol. The standard InChI is InChI=1S/C25H21F2N3O2S/c26-15-10-11-16(27)19(13-15)29-23(32)14-30-20-7-2-1-5-17(20)28-18-6-3-8-21(31)24(18)25(30)22-9-4-12-33-22/h1-2,4-5,7,9-13,25,28H,3,6,8,14H2,(H,29,32). The lowest BCUT2D eigenvalue weighted by atomic mass is 9.88. The summed E-state index contributed by atoms with van der Waals surface area (Å²) in [7, 11) is 0. The van der Waals surface area contributed by atoms with E-state index < -0.39 is 23.6 Å². The molecule has 5 rings (SSSR count). The van der Waals surface area contributed by atoms with E-state index in [1.54, 1.807) is 0 Å². The number of anilines is 3. The molecule has 0 fully saturated rings. The lowest BCUT2D eigenvalue weighted by Crippen LogP contribution is -2.38. The van der Waals surface area contributed by atoms with Gasteiger partial charge >= 0.3 is 0 Å². The summed E-state index contributed by atoms with van der Waals surface area (Å²) in [5.74, 6) is -1.82. The minimum absolute atomic E-state index is 0.0524. The van der Waals surface area contributed by atoms with Crippen molar-refractivity contribution in [3.05, 3.63) is 87.8 Å². The van der Waals surface area contributed by atoms with Crippen LogP contribution in [0.25, 0.3) is 0 Å². The highest BCUT2D eigenvalue weighted by Crippen LogP contribution is 2.45. The van der Waals surface area contributed by atoms with Gasteiger partial charge in [0.25, 0.3) is 0 Å². The molecule has 0 bridgehead atoms. The Bertz CT molecular complexity index is 1260. The predicted octanol–water partition coefficient (Wildman–Crippen LogP) is 5.65. The average Bonchev–Trinajstić information content (AvgIpc) is 3.28. The second-order valence-corrected chi connectivity index (χ2v) is 9.01. The van der Waals surface area contributed by atoms with Gasteiger partial charge in [0, 0.05) is 28.6 Å².